The Morgan fingerprint density at radius 2 is 1.61 bits per heavy atom. The molecule has 33 heavy (non-hydrogen) atoms. The predicted molar refractivity (Wildman–Crippen MR) is 127 cm³/mol. The minimum absolute atomic E-state index is 0.231. The molecule has 172 valence electrons. The molecule has 3 aromatic rings. The number of esters is 2. The minimum Gasteiger partial charge on any atom is -0.479 e. The first-order valence-corrected chi connectivity index (χ1v) is 11.4. The molecule has 1 N–H and O–H groups in total. The molecule has 1 atom stereocenters. The fourth-order valence-corrected chi connectivity index (χ4v) is 4.01. The summed E-state index contributed by atoms with van der Waals surface area (Å²) >= 11 is 1.30. The average Bonchev–Trinajstić information content (AvgIpc) is 3.24. The molecule has 0 saturated heterocycles. The molecule has 7 nitrogen and oxygen atoms in total. The van der Waals surface area contributed by atoms with Gasteiger partial charge in [0.05, 0.1) is 18.8 Å². The largest absolute Gasteiger partial charge is 0.479 e. The number of amides is 1. The van der Waals surface area contributed by atoms with Gasteiger partial charge in [-0.3, -0.25) is 4.79 Å². The quantitative estimate of drug-likeness (QED) is 0.437. The number of thiophene rings is 1. The van der Waals surface area contributed by atoms with Gasteiger partial charge in [-0.2, -0.15) is 0 Å². The molecule has 3 rings (SSSR count). The van der Waals surface area contributed by atoms with E-state index in [0.717, 1.165) is 10.4 Å². The van der Waals surface area contributed by atoms with Gasteiger partial charge >= 0.3 is 11.9 Å². The summed E-state index contributed by atoms with van der Waals surface area (Å²) in [7, 11) is 0. The molecule has 0 aliphatic rings. The number of hydrogen-bond acceptors (Lipinski definition) is 7. The Bertz CT molecular complexity index is 1110. The fourth-order valence-electron chi connectivity index (χ4n) is 2.96. The second-order valence-electron chi connectivity index (χ2n) is 6.93. The van der Waals surface area contributed by atoms with Crippen molar-refractivity contribution in [3.63, 3.8) is 0 Å². The van der Waals surface area contributed by atoms with E-state index in [4.69, 9.17) is 14.2 Å². The Hall–Kier alpha value is -3.65. The molecule has 1 aromatic heterocycles. The van der Waals surface area contributed by atoms with Crippen LogP contribution in [0.1, 0.15) is 41.5 Å². The van der Waals surface area contributed by atoms with E-state index < -0.39 is 18.0 Å². The number of ether oxygens (including phenoxy) is 3. The molecular weight excluding hydrogens is 442 g/mol. The number of anilines is 1. The Morgan fingerprint density at radius 1 is 0.939 bits per heavy atom. The summed E-state index contributed by atoms with van der Waals surface area (Å²) in [5, 5.41) is 3.23. The van der Waals surface area contributed by atoms with E-state index in [9.17, 15) is 14.4 Å². The van der Waals surface area contributed by atoms with Crippen molar-refractivity contribution in [1.29, 1.82) is 0 Å². The van der Waals surface area contributed by atoms with Crippen LogP contribution in [0.5, 0.6) is 5.75 Å². The highest BCUT2D eigenvalue weighted by molar-refractivity contribution is 7.20. The SMILES string of the molecule is CCOC(=O)c1cc(-c2ccccc2)sc1NC(=O)c1ccc(O[C@H](C)C(=O)OCC)cc1. The third kappa shape index (κ3) is 6.20. The maximum atomic E-state index is 12.8. The summed E-state index contributed by atoms with van der Waals surface area (Å²) in [6, 6.07) is 17.7. The Labute approximate surface area is 196 Å². The Kier molecular flexibility index (Phi) is 8.21. The number of benzene rings is 2. The van der Waals surface area contributed by atoms with Crippen LogP contribution in [0.25, 0.3) is 10.4 Å². The molecule has 0 aliphatic heterocycles. The van der Waals surface area contributed by atoms with Crippen molar-refractivity contribution in [3.05, 3.63) is 71.8 Å². The van der Waals surface area contributed by atoms with Crippen molar-refractivity contribution in [1.82, 2.24) is 0 Å². The Morgan fingerprint density at radius 3 is 2.24 bits per heavy atom. The zero-order chi connectivity index (χ0) is 23.8. The van der Waals surface area contributed by atoms with E-state index in [1.54, 1.807) is 51.1 Å². The molecule has 0 spiro atoms. The molecule has 0 aliphatic carbocycles. The van der Waals surface area contributed by atoms with E-state index in [2.05, 4.69) is 5.32 Å². The molecule has 8 heteroatoms. The lowest BCUT2D eigenvalue weighted by Gasteiger charge is -2.13. The first-order chi connectivity index (χ1) is 15.9. The zero-order valence-electron chi connectivity index (χ0n) is 18.6. The highest BCUT2D eigenvalue weighted by atomic mass is 32.1. The van der Waals surface area contributed by atoms with E-state index >= 15 is 0 Å². The zero-order valence-corrected chi connectivity index (χ0v) is 19.4. The molecule has 0 bridgehead atoms. The molecular formula is C25H25NO6S. The monoisotopic (exact) mass is 467 g/mol. The van der Waals surface area contributed by atoms with Crippen LogP contribution in [-0.4, -0.2) is 37.2 Å². The lowest BCUT2D eigenvalue weighted by molar-refractivity contribution is -0.150. The van der Waals surface area contributed by atoms with Crippen molar-refractivity contribution in [2.45, 2.75) is 26.9 Å². The van der Waals surface area contributed by atoms with Gasteiger partial charge in [-0.15, -0.1) is 11.3 Å². The normalized spacial score (nSPS) is 11.4. The number of hydrogen-bond donors (Lipinski definition) is 1. The molecule has 0 fully saturated rings. The predicted octanol–water partition coefficient (Wildman–Crippen LogP) is 5.17. The molecule has 2 aromatic carbocycles. The highest BCUT2D eigenvalue weighted by Gasteiger charge is 2.21. The van der Waals surface area contributed by atoms with Gasteiger partial charge in [0.25, 0.3) is 5.91 Å². The van der Waals surface area contributed by atoms with Gasteiger partial charge in [0.15, 0.2) is 6.10 Å². The van der Waals surface area contributed by atoms with Crippen LogP contribution in [0.15, 0.2) is 60.7 Å². The average molecular weight is 468 g/mol. The van der Waals surface area contributed by atoms with Gasteiger partial charge in [0.2, 0.25) is 0 Å². The third-order valence-corrected chi connectivity index (χ3v) is 5.66. The molecule has 0 unspecified atom stereocenters. The maximum absolute atomic E-state index is 12.8. The molecule has 0 saturated carbocycles. The first-order valence-electron chi connectivity index (χ1n) is 10.5. The summed E-state index contributed by atoms with van der Waals surface area (Å²) in [4.78, 5) is 37.9. The van der Waals surface area contributed by atoms with Crippen LogP contribution < -0.4 is 10.1 Å². The maximum Gasteiger partial charge on any atom is 0.347 e. The van der Waals surface area contributed by atoms with Gasteiger partial charge < -0.3 is 19.5 Å². The van der Waals surface area contributed by atoms with Gasteiger partial charge in [0.1, 0.15) is 10.8 Å². The molecule has 1 heterocycles. The number of rotatable bonds is 9. The summed E-state index contributed by atoms with van der Waals surface area (Å²) in [6.07, 6.45) is -0.765. The minimum atomic E-state index is -0.765. The van der Waals surface area contributed by atoms with Crippen LogP contribution in [0, 0.1) is 0 Å². The van der Waals surface area contributed by atoms with Crippen molar-refractivity contribution < 1.29 is 28.6 Å². The fraction of sp³-hybridized carbons (Fsp3) is 0.240. The standard InChI is InChI=1S/C25H25NO6S/c1-4-30-24(28)16(3)32-19-13-11-18(12-14-19)22(27)26-23-20(25(29)31-5-2)15-21(33-23)17-9-7-6-8-10-17/h6-16H,4-5H2,1-3H3,(H,26,27)/t16-/m1/s1. The molecule has 1 amide bonds. The number of nitrogens with one attached hydrogen (secondary N) is 1. The topological polar surface area (TPSA) is 90.9 Å². The lowest BCUT2D eigenvalue weighted by Crippen LogP contribution is -2.26. The van der Waals surface area contributed by atoms with Crippen molar-refractivity contribution in [2.24, 2.45) is 0 Å². The Balaban J connectivity index is 1.77. The summed E-state index contributed by atoms with van der Waals surface area (Å²) in [5.41, 5.74) is 1.61. The van der Waals surface area contributed by atoms with Crippen molar-refractivity contribution in [2.75, 3.05) is 18.5 Å². The summed E-state index contributed by atoms with van der Waals surface area (Å²) in [5.74, 6) is -0.908. The van der Waals surface area contributed by atoms with E-state index in [1.807, 2.05) is 30.3 Å². The summed E-state index contributed by atoms with van der Waals surface area (Å²) in [6.45, 7) is 5.55. The van der Waals surface area contributed by atoms with Crippen LogP contribution in [0.4, 0.5) is 5.00 Å². The lowest BCUT2D eigenvalue weighted by atomic mass is 10.1. The van der Waals surface area contributed by atoms with Gasteiger partial charge in [-0.25, -0.2) is 9.59 Å². The van der Waals surface area contributed by atoms with E-state index in [0.29, 0.717) is 21.9 Å². The highest BCUT2D eigenvalue weighted by Crippen LogP contribution is 2.36. The van der Waals surface area contributed by atoms with Crippen molar-refractivity contribution >= 4 is 34.2 Å². The van der Waals surface area contributed by atoms with Gasteiger partial charge in [-0.1, -0.05) is 30.3 Å². The van der Waals surface area contributed by atoms with Crippen LogP contribution in [-0.2, 0) is 14.3 Å². The second kappa shape index (κ2) is 11.3. The van der Waals surface area contributed by atoms with Crippen molar-refractivity contribution in [3.8, 4) is 16.2 Å². The summed E-state index contributed by atoms with van der Waals surface area (Å²) < 4.78 is 15.6. The van der Waals surface area contributed by atoms with Gasteiger partial charge in [0, 0.05) is 10.4 Å². The van der Waals surface area contributed by atoms with E-state index in [-0.39, 0.29) is 19.1 Å². The van der Waals surface area contributed by atoms with Crippen LogP contribution >= 0.6 is 11.3 Å². The van der Waals surface area contributed by atoms with Gasteiger partial charge in [-0.05, 0) is 56.7 Å². The van der Waals surface area contributed by atoms with E-state index in [1.165, 1.54) is 11.3 Å². The first kappa shape index (κ1) is 24.0. The van der Waals surface area contributed by atoms with Crippen LogP contribution in [0.2, 0.25) is 0 Å². The smallest absolute Gasteiger partial charge is 0.347 e. The number of carbonyl (C=O) groups excluding carboxylic acids is 3. The number of carbonyl (C=O) groups is 3. The van der Waals surface area contributed by atoms with Crippen LogP contribution in [0.3, 0.4) is 0 Å². The third-order valence-electron chi connectivity index (χ3n) is 4.56. The molecule has 0 radical (unpaired) electrons. The second-order valence-corrected chi connectivity index (χ2v) is 7.98.